The Morgan fingerprint density at radius 1 is 1.09 bits per heavy atom. The lowest BCUT2D eigenvalue weighted by atomic mass is 10.1. The Balaban J connectivity index is 1.75. The number of halogens is 1. The average Bonchev–Trinajstić information content (AvgIpc) is 3.13. The molecule has 0 saturated heterocycles. The number of carbonyl (C=O) groups excluding carboxylic acids is 3. The molecule has 178 valence electrons. The van der Waals surface area contributed by atoms with Gasteiger partial charge in [0.15, 0.2) is 5.75 Å². The van der Waals surface area contributed by atoms with Crippen LogP contribution in [0.4, 0.5) is 15.1 Å². The number of hydrogen-bond acceptors (Lipinski definition) is 7. The molecule has 3 rings (SSSR count). The summed E-state index contributed by atoms with van der Waals surface area (Å²) < 4.78 is 24.3. The maximum Gasteiger partial charge on any atom is 0.341 e. The minimum absolute atomic E-state index is 0.147. The van der Waals surface area contributed by atoms with E-state index in [1.54, 1.807) is 44.2 Å². The van der Waals surface area contributed by atoms with Crippen molar-refractivity contribution in [3.8, 4) is 11.5 Å². The topological polar surface area (TPSA) is 106 Å². The molecule has 0 fully saturated rings. The fourth-order valence-electron chi connectivity index (χ4n) is 3.09. The predicted octanol–water partition coefficient (Wildman–Crippen LogP) is 4.57. The fraction of sp³-hybridized carbons (Fsp3) is 0.208. The van der Waals surface area contributed by atoms with Gasteiger partial charge in [0.1, 0.15) is 16.6 Å². The molecular formula is C24H24FN3O5S. The number of ether oxygens (including phenoxy) is 2. The number of thiophene rings is 1. The van der Waals surface area contributed by atoms with E-state index < -0.39 is 17.7 Å². The molecule has 0 aliphatic rings. The molecule has 1 aromatic heterocycles. The van der Waals surface area contributed by atoms with E-state index in [-0.39, 0.29) is 29.6 Å². The van der Waals surface area contributed by atoms with Crippen LogP contribution in [-0.2, 0) is 9.53 Å². The van der Waals surface area contributed by atoms with Crippen LogP contribution in [0.15, 0.2) is 48.5 Å². The molecule has 3 aromatic rings. The number of amides is 2. The highest BCUT2D eigenvalue weighted by molar-refractivity contribution is 7.18. The summed E-state index contributed by atoms with van der Waals surface area (Å²) in [6.45, 7) is 3.30. The van der Waals surface area contributed by atoms with Gasteiger partial charge in [-0.1, -0.05) is 18.2 Å². The molecule has 0 atom stereocenters. The highest BCUT2D eigenvalue weighted by Crippen LogP contribution is 2.34. The molecule has 2 amide bonds. The van der Waals surface area contributed by atoms with E-state index in [1.165, 1.54) is 25.2 Å². The number of hydrogen-bond donors (Lipinski definition) is 3. The zero-order valence-electron chi connectivity index (χ0n) is 18.9. The largest absolute Gasteiger partial charge is 0.462 e. The molecule has 0 aliphatic heterocycles. The predicted molar refractivity (Wildman–Crippen MR) is 128 cm³/mol. The number of anilines is 2. The van der Waals surface area contributed by atoms with Crippen molar-refractivity contribution in [1.29, 1.82) is 0 Å². The van der Waals surface area contributed by atoms with Crippen LogP contribution in [0.25, 0.3) is 0 Å². The van der Waals surface area contributed by atoms with Crippen molar-refractivity contribution in [2.45, 2.75) is 13.8 Å². The van der Waals surface area contributed by atoms with Crippen molar-refractivity contribution in [3.05, 3.63) is 70.4 Å². The molecule has 0 saturated carbocycles. The Labute approximate surface area is 200 Å². The molecule has 34 heavy (non-hydrogen) atoms. The maximum atomic E-state index is 13.5. The average molecular weight is 486 g/mol. The van der Waals surface area contributed by atoms with Gasteiger partial charge in [0.05, 0.1) is 29.3 Å². The van der Waals surface area contributed by atoms with Crippen molar-refractivity contribution in [1.82, 2.24) is 5.32 Å². The summed E-state index contributed by atoms with van der Waals surface area (Å²) in [5.74, 6) is -1.15. The van der Waals surface area contributed by atoms with E-state index in [9.17, 15) is 18.8 Å². The van der Waals surface area contributed by atoms with E-state index in [4.69, 9.17) is 9.47 Å². The lowest BCUT2D eigenvalue weighted by Crippen LogP contribution is -2.22. The lowest BCUT2D eigenvalue weighted by Gasteiger charge is -2.13. The fourth-order valence-corrected chi connectivity index (χ4v) is 4.24. The molecule has 3 N–H and O–H groups in total. The molecule has 0 bridgehead atoms. The Morgan fingerprint density at radius 2 is 1.85 bits per heavy atom. The summed E-state index contributed by atoms with van der Waals surface area (Å²) in [6, 6.07) is 12.6. The van der Waals surface area contributed by atoms with Crippen LogP contribution in [0.1, 0.15) is 32.5 Å². The van der Waals surface area contributed by atoms with Crippen LogP contribution < -0.4 is 20.7 Å². The van der Waals surface area contributed by atoms with Gasteiger partial charge in [0.25, 0.3) is 5.91 Å². The van der Waals surface area contributed by atoms with E-state index in [1.807, 2.05) is 0 Å². The SMILES string of the molecule is CCOC(=O)c1c(NC(=O)CNc2ccccc2Oc2cccc(F)c2)sc(C(=O)NC)c1C. The van der Waals surface area contributed by atoms with Crippen molar-refractivity contribution in [2.75, 3.05) is 30.8 Å². The number of esters is 1. The standard InChI is InChI=1S/C24H24FN3O5S/c1-4-32-24(31)20-14(2)21(22(30)26-3)34-23(20)28-19(29)13-27-17-10-5-6-11-18(17)33-16-9-7-8-15(25)12-16/h5-12,27H,4,13H2,1-3H3,(H,26,30)(H,28,29). The second-order valence-electron chi connectivity index (χ2n) is 7.02. The van der Waals surface area contributed by atoms with Gasteiger partial charge in [-0.15, -0.1) is 11.3 Å². The van der Waals surface area contributed by atoms with Crippen LogP contribution in [0.5, 0.6) is 11.5 Å². The molecule has 0 radical (unpaired) electrons. The van der Waals surface area contributed by atoms with Crippen LogP contribution in [0.2, 0.25) is 0 Å². The molecular weight excluding hydrogens is 461 g/mol. The van der Waals surface area contributed by atoms with Gasteiger partial charge in [-0.25, -0.2) is 9.18 Å². The summed E-state index contributed by atoms with van der Waals surface area (Å²) in [4.78, 5) is 37.6. The third kappa shape index (κ3) is 5.90. The van der Waals surface area contributed by atoms with Crippen LogP contribution >= 0.6 is 11.3 Å². The zero-order chi connectivity index (χ0) is 24.7. The Bertz CT molecular complexity index is 1210. The third-order valence-electron chi connectivity index (χ3n) is 4.66. The minimum Gasteiger partial charge on any atom is -0.462 e. The molecule has 1 heterocycles. The monoisotopic (exact) mass is 485 g/mol. The normalized spacial score (nSPS) is 10.4. The van der Waals surface area contributed by atoms with Gasteiger partial charge in [0.2, 0.25) is 5.91 Å². The summed E-state index contributed by atoms with van der Waals surface area (Å²) in [7, 11) is 1.48. The van der Waals surface area contributed by atoms with Crippen molar-refractivity contribution in [3.63, 3.8) is 0 Å². The molecule has 0 spiro atoms. The minimum atomic E-state index is -0.622. The highest BCUT2D eigenvalue weighted by Gasteiger charge is 2.26. The molecule has 2 aromatic carbocycles. The van der Waals surface area contributed by atoms with Crippen LogP contribution in [0, 0.1) is 12.7 Å². The zero-order valence-corrected chi connectivity index (χ0v) is 19.7. The number of para-hydroxylation sites is 2. The van der Waals surface area contributed by atoms with Crippen LogP contribution in [-0.4, -0.2) is 38.0 Å². The number of benzene rings is 2. The van der Waals surface area contributed by atoms with Gasteiger partial charge < -0.3 is 25.4 Å². The maximum absolute atomic E-state index is 13.5. The first-order valence-corrected chi connectivity index (χ1v) is 11.2. The van der Waals surface area contributed by atoms with Gasteiger partial charge in [0, 0.05) is 13.1 Å². The first-order valence-electron chi connectivity index (χ1n) is 10.4. The van der Waals surface area contributed by atoms with E-state index in [0.29, 0.717) is 27.6 Å². The van der Waals surface area contributed by atoms with Gasteiger partial charge >= 0.3 is 5.97 Å². The van der Waals surface area contributed by atoms with Crippen molar-refractivity contribution in [2.24, 2.45) is 0 Å². The van der Waals surface area contributed by atoms with E-state index in [2.05, 4.69) is 16.0 Å². The third-order valence-corrected chi connectivity index (χ3v) is 5.87. The summed E-state index contributed by atoms with van der Waals surface area (Å²) >= 11 is 0.996. The molecule has 10 heteroatoms. The number of carbonyl (C=O) groups is 3. The Morgan fingerprint density at radius 3 is 2.56 bits per heavy atom. The van der Waals surface area contributed by atoms with Crippen molar-refractivity contribution >= 4 is 39.8 Å². The summed E-state index contributed by atoms with van der Waals surface area (Å²) in [6.07, 6.45) is 0. The highest BCUT2D eigenvalue weighted by atomic mass is 32.1. The number of nitrogens with one attached hydrogen (secondary N) is 3. The molecule has 0 unspecified atom stereocenters. The van der Waals surface area contributed by atoms with Gasteiger partial charge in [-0.05, 0) is 43.7 Å². The molecule has 0 aliphatic carbocycles. The van der Waals surface area contributed by atoms with E-state index in [0.717, 1.165) is 11.3 Å². The van der Waals surface area contributed by atoms with E-state index >= 15 is 0 Å². The second-order valence-corrected chi connectivity index (χ2v) is 8.04. The second kappa shape index (κ2) is 11.3. The number of rotatable bonds is 9. The first-order chi connectivity index (χ1) is 16.3. The Hall–Kier alpha value is -3.92. The quantitative estimate of drug-likeness (QED) is 0.383. The van der Waals surface area contributed by atoms with Crippen molar-refractivity contribution < 1.29 is 28.2 Å². The van der Waals surface area contributed by atoms with Gasteiger partial charge in [-0.3, -0.25) is 9.59 Å². The summed E-state index contributed by atoms with van der Waals surface area (Å²) in [5.41, 5.74) is 1.09. The smallest absolute Gasteiger partial charge is 0.341 e. The lowest BCUT2D eigenvalue weighted by molar-refractivity contribution is -0.114. The van der Waals surface area contributed by atoms with Crippen LogP contribution in [0.3, 0.4) is 0 Å². The summed E-state index contributed by atoms with van der Waals surface area (Å²) in [5, 5.41) is 8.41. The van der Waals surface area contributed by atoms with Gasteiger partial charge in [-0.2, -0.15) is 0 Å². The Kier molecular flexibility index (Phi) is 8.20. The first kappa shape index (κ1) is 24.7. The molecule has 8 nitrogen and oxygen atoms in total.